The van der Waals surface area contributed by atoms with E-state index in [9.17, 15) is 14.4 Å². The van der Waals surface area contributed by atoms with Crippen LogP contribution in [-0.2, 0) is 11.3 Å². The van der Waals surface area contributed by atoms with E-state index in [1.807, 2.05) is 6.07 Å². The normalized spacial score (nSPS) is 13.0. The summed E-state index contributed by atoms with van der Waals surface area (Å²) < 4.78 is 0.831. The molecular weight excluding hydrogens is 448 g/mol. The molecule has 32 heavy (non-hydrogen) atoms. The maximum absolute atomic E-state index is 13.4. The van der Waals surface area contributed by atoms with Gasteiger partial charge in [0.15, 0.2) is 5.13 Å². The molecule has 0 N–H and O–H groups in total. The highest BCUT2D eigenvalue weighted by Crippen LogP contribution is 2.32. The summed E-state index contributed by atoms with van der Waals surface area (Å²) in [5.41, 5.74) is 2.11. The fraction of sp³-hybridized carbons (Fsp3) is 0.0870. The van der Waals surface area contributed by atoms with Gasteiger partial charge in [-0.25, -0.2) is 4.98 Å². The van der Waals surface area contributed by atoms with Crippen LogP contribution in [0.1, 0.15) is 26.3 Å². The lowest BCUT2D eigenvalue weighted by molar-refractivity contribution is -0.119. The summed E-state index contributed by atoms with van der Waals surface area (Å²) >= 11 is 7.41. The van der Waals surface area contributed by atoms with E-state index >= 15 is 0 Å². The number of rotatable bonds is 5. The van der Waals surface area contributed by atoms with Gasteiger partial charge in [-0.3, -0.25) is 29.2 Å². The summed E-state index contributed by atoms with van der Waals surface area (Å²) in [6.07, 6.45) is 3.31. The Morgan fingerprint density at radius 3 is 2.47 bits per heavy atom. The zero-order chi connectivity index (χ0) is 22.2. The van der Waals surface area contributed by atoms with Crippen LogP contribution in [0.15, 0.2) is 67.0 Å². The molecular formula is C23H15ClN4O3S. The highest BCUT2D eigenvalue weighted by molar-refractivity contribution is 7.22. The maximum Gasteiger partial charge on any atom is 0.262 e. The van der Waals surface area contributed by atoms with E-state index in [4.69, 9.17) is 11.6 Å². The third-order valence-electron chi connectivity index (χ3n) is 5.11. The van der Waals surface area contributed by atoms with Gasteiger partial charge in [-0.1, -0.05) is 41.1 Å². The summed E-state index contributed by atoms with van der Waals surface area (Å²) in [6.45, 7) is -0.188. The molecule has 158 valence electrons. The molecule has 0 saturated heterocycles. The van der Waals surface area contributed by atoms with E-state index in [0.29, 0.717) is 26.8 Å². The lowest BCUT2D eigenvalue weighted by Crippen LogP contribution is -2.42. The molecule has 7 nitrogen and oxygen atoms in total. The molecule has 4 aromatic rings. The van der Waals surface area contributed by atoms with Crippen molar-refractivity contribution in [1.82, 2.24) is 14.9 Å². The molecule has 0 atom stereocenters. The molecule has 0 aliphatic carbocycles. The molecule has 2 aromatic carbocycles. The van der Waals surface area contributed by atoms with Gasteiger partial charge in [0.1, 0.15) is 6.54 Å². The van der Waals surface area contributed by atoms with E-state index in [2.05, 4.69) is 9.97 Å². The number of carbonyl (C=O) groups excluding carboxylic acids is 3. The van der Waals surface area contributed by atoms with Crippen molar-refractivity contribution in [2.45, 2.75) is 6.54 Å². The van der Waals surface area contributed by atoms with Crippen LogP contribution < -0.4 is 4.90 Å². The topological polar surface area (TPSA) is 83.5 Å². The minimum Gasteiger partial charge on any atom is -0.282 e. The molecule has 5 rings (SSSR count). The van der Waals surface area contributed by atoms with E-state index in [0.717, 1.165) is 15.2 Å². The third-order valence-corrected chi connectivity index (χ3v) is 6.38. The van der Waals surface area contributed by atoms with E-state index in [1.54, 1.807) is 60.9 Å². The number of hydrogen-bond donors (Lipinski definition) is 0. The Morgan fingerprint density at radius 1 is 1.03 bits per heavy atom. The lowest BCUT2D eigenvalue weighted by Gasteiger charge is -2.22. The molecule has 0 bridgehead atoms. The van der Waals surface area contributed by atoms with Crippen LogP contribution in [0.3, 0.4) is 0 Å². The summed E-state index contributed by atoms with van der Waals surface area (Å²) in [7, 11) is 0. The largest absolute Gasteiger partial charge is 0.282 e. The number of benzene rings is 2. The molecule has 0 fully saturated rings. The number of amides is 3. The predicted molar refractivity (Wildman–Crippen MR) is 122 cm³/mol. The van der Waals surface area contributed by atoms with Crippen LogP contribution in [0, 0.1) is 0 Å². The zero-order valence-electron chi connectivity index (χ0n) is 16.6. The molecule has 1 aliphatic heterocycles. The van der Waals surface area contributed by atoms with Crippen molar-refractivity contribution >= 4 is 56.0 Å². The Morgan fingerprint density at radius 2 is 1.78 bits per heavy atom. The van der Waals surface area contributed by atoms with Crippen LogP contribution in [0.5, 0.6) is 0 Å². The second kappa shape index (κ2) is 8.14. The smallest absolute Gasteiger partial charge is 0.262 e. The molecule has 3 amide bonds. The van der Waals surface area contributed by atoms with Gasteiger partial charge in [-0.05, 0) is 42.0 Å². The molecule has 0 radical (unpaired) electrons. The number of halogens is 1. The number of thiazole rings is 1. The minimum absolute atomic E-state index is 0.198. The van der Waals surface area contributed by atoms with Crippen molar-refractivity contribution in [3.63, 3.8) is 0 Å². The highest BCUT2D eigenvalue weighted by atomic mass is 35.5. The number of fused-ring (bicyclic) bond motifs is 2. The van der Waals surface area contributed by atoms with Crippen molar-refractivity contribution in [1.29, 1.82) is 0 Å². The van der Waals surface area contributed by atoms with Crippen LogP contribution in [0.25, 0.3) is 10.2 Å². The van der Waals surface area contributed by atoms with Gasteiger partial charge >= 0.3 is 0 Å². The zero-order valence-corrected chi connectivity index (χ0v) is 18.1. The standard InChI is InChI=1S/C23H15ClN4O3S/c24-15-7-8-18-19(10-15)32-23(26-18)27(12-14-4-3-9-25-11-14)20(29)13-28-21(30)16-5-1-2-6-17(16)22(28)31/h1-11H,12-13H2. The van der Waals surface area contributed by atoms with Crippen LogP contribution in [0.4, 0.5) is 5.13 Å². The van der Waals surface area contributed by atoms with Crippen molar-refractivity contribution < 1.29 is 14.4 Å². The molecule has 2 aromatic heterocycles. The van der Waals surface area contributed by atoms with Gasteiger partial charge in [0.25, 0.3) is 11.8 Å². The third kappa shape index (κ3) is 3.63. The number of hydrogen-bond acceptors (Lipinski definition) is 6. The number of imide groups is 1. The predicted octanol–water partition coefficient (Wildman–Crippen LogP) is 4.17. The highest BCUT2D eigenvalue weighted by Gasteiger charge is 2.37. The number of nitrogens with zero attached hydrogens (tertiary/aromatic N) is 4. The monoisotopic (exact) mass is 462 g/mol. The van der Waals surface area contributed by atoms with Gasteiger partial charge in [-0.15, -0.1) is 0 Å². The summed E-state index contributed by atoms with van der Waals surface area (Å²) in [6, 6.07) is 15.5. The Bertz CT molecular complexity index is 1340. The molecule has 3 heterocycles. The Kier molecular flexibility index (Phi) is 5.16. The Balaban J connectivity index is 1.48. The van der Waals surface area contributed by atoms with Crippen molar-refractivity contribution in [3.05, 3.63) is 88.7 Å². The quantitative estimate of drug-likeness (QED) is 0.415. The van der Waals surface area contributed by atoms with Crippen molar-refractivity contribution in [2.24, 2.45) is 0 Å². The first-order valence-corrected chi connectivity index (χ1v) is 10.9. The van der Waals surface area contributed by atoms with Gasteiger partial charge in [0.05, 0.1) is 27.9 Å². The molecule has 0 spiro atoms. The first kappa shape index (κ1) is 20.3. The summed E-state index contributed by atoms with van der Waals surface area (Å²) in [5, 5.41) is 1.02. The average molecular weight is 463 g/mol. The fourth-order valence-corrected chi connectivity index (χ4v) is 4.80. The van der Waals surface area contributed by atoms with Crippen molar-refractivity contribution in [3.8, 4) is 0 Å². The number of aromatic nitrogens is 2. The molecule has 0 saturated carbocycles. The van der Waals surface area contributed by atoms with Gasteiger partial charge in [0, 0.05) is 17.4 Å². The van der Waals surface area contributed by atoms with E-state index in [-0.39, 0.29) is 13.1 Å². The Labute approximate surface area is 191 Å². The van der Waals surface area contributed by atoms with Crippen LogP contribution in [-0.4, -0.2) is 39.1 Å². The molecule has 9 heteroatoms. The Hall–Kier alpha value is -3.62. The number of carbonyl (C=O) groups is 3. The first-order valence-electron chi connectivity index (χ1n) is 9.72. The van der Waals surface area contributed by atoms with E-state index < -0.39 is 17.7 Å². The molecule has 1 aliphatic rings. The second-order valence-electron chi connectivity index (χ2n) is 7.19. The fourth-order valence-electron chi connectivity index (χ4n) is 3.54. The minimum atomic E-state index is -0.476. The van der Waals surface area contributed by atoms with Crippen LogP contribution in [0.2, 0.25) is 5.02 Å². The van der Waals surface area contributed by atoms with Gasteiger partial charge in [-0.2, -0.15) is 0 Å². The number of pyridine rings is 1. The van der Waals surface area contributed by atoms with E-state index in [1.165, 1.54) is 16.2 Å². The maximum atomic E-state index is 13.4. The average Bonchev–Trinajstić information content (AvgIpc) is 3.32. The van der Waals surface area contributed by atoms with Gasteiger partial charge < -0.3 is 0 Å². The lowest BCUT2D eigenvalue weighted by atomic mass is 10.1. The molecule has 0 unspecified atom stereocenters. The van der Waals surface area contributed by atoms with Crippen LogP contribution >= 0.6 is 22.9 Å². The SMILES string of the molecule is O=C1c2ccccc2C(=O)N1CC(=O)N(Cc1cccnc1)c1nc2ccc(Cl)cc2s1. The van der Waals surface area contributed by atoms with Crippen molar-refractivity contribution in [2.75, 3.05) is 11.4 Å². The summed E-state index contributed by atoms with van der Waals surface area (Å²) in [4.78, 5) is 50.0. The second-order valence-corrected chi connectivity index (χ2v) is 8.64. The first-order chi connectivity index (χ1) is 15.5. The van der Waals surface area contributed by atoms with Gasteiger partial charge in [0.2, 0.25) is 5.91 Å². The summed E-state index contributed by atoms with van der Waals surface area (Å²) in [5.74, 6) is -1.37. The number of anilines is 1.